The Kier molecular flexibility index (Phi) is 4.68. The predicted molar refractivity (Wildman–Crippen MR) is 96.0 cm³/mol. The van der Waals surface area contributed by atoms with Gasteiger partial charge in [-0.25, -0.2) is 9.37 Å². The first-order chi connectivity index (χ1) is 12.6. The van der Waals surface area contributed by atoms with Crippen molar-refractivity contribution in [3.05, 3.63) is 59.4 Å². The first-order valence-electron chi connectivity index (χ1n) is 9.15. The molecule has 0 aliphatic carbocycles. The molecule has 26 heavy (non-hydrogen) atoms. The second-order valence-electron chi connectivity index (χ2n) is 7.42. The molecular formula is C20H23FN4O. The first-order valence-corrected chi connectivity index (χ1v) is 9.15. The highest BCUT2D eigenvalue weighted by molar-refractivity contribution is 5.92. The van der Waals surface area contributed by atoms with Gasteiger partial charge in [-0.3, -0.25) is 14.7 Å². The smallest absolute Gasteiger partial charge is 0.274 e. The molecule has 0 saturated carbocycles. The van der Waals surface area contributed by atoms with Gasteiger partial charge in [-0.1, -0.05) is 12.1 Å². The summed E-state index contributed by atoms with van der Waals surface area (Å²) >= 11 is 0. The van der Waals surface area contributed by atoms with E-state index in [1.165, 1.54) is 12.1 Å². The van der Waals surface area contributed by atoms with Crippen LogP contribution in [0.25, 0.3) is 0 Å². The van der Waals surface area contributed by atoms with Crippen molar-refractivity contribution in [2.24, 2.45) is 5.92 Å². The number of piperidine rings is 1. The van der Waals surface area contributed by atoms with Crippen LogP contribution in [0.15, 0.2) is 36.7 Å². The lowest BCUT2D eigenvalue weighted by Crippen LogP contribution is -2.47. The number of aryl methyl sites for hydroxylation is 1. The van der Waals surface area contributed by atoms with Crippen molar-refractivity contribution in [2.75, 3.05) is 19.6 Å². The topological polar surface area (TPSA) is 49.3 Å². The summed E-state index contributed by atoms with van der Waals surface area (Å²) in [5.41, 5.74) is 2.34. The van der Waals surface area contributed by atoms with Crippen molar-refractivity contribution < 1.29 is 9.18 Å². The third-order valence-corrected chi connectivity index (χ3v) is 5.37. The Morgan fingerprint density at radius 2 is 1.92 bits per heavy atom. The van der Waals surface area contributed by atoms with Gasteiger partial charge in [0.2, 0.25) is 0 Å². The van der Waals surface area contributed by atoms with Gasteiger partial charge < -0.3 is 4.90 Å². The molecule has 0 spiro atoms. The van der Waals surface area contributed by atoms with Gasteiger partial charge in [0.15, 0.2) is 0 Å². The highest BCUT2D eigenvalue weighted by atomic mass is 19.1. The number of carbonyl (C=O) groups excluding carboxylic acids is 1. The zero-order valence-corrected chi connectivity index (χ0v) is 14.9. The van der Waals surface area contributed by atoms with E-state index >= 15 is 0 Å². The normalized spacial score (nSPS) is 23.1. The molecule has 2 bridgehead atoms. The maximum Gasteiger partial charge on any atom is 0.274 e. The summed E-state index contributed by atoms with van der Waals surface area (Å²) < 4.78 is 13.1. The Labute approximate surface area is 152 Å². The zero-order chi connectivity index (χ0) is 18.1. The van der Waals surface area contributed by atoms with Crippen LogP contribution in [0.3, 0.4) is 0 Å². The molecule has 5 rings (SSSR count). The van der Waals surface area contributed by atoms with Gasteiger partial charge in [-0.2, -0.15) is 0 Å². The van der Waals surface area contributed by atoms with Crippen molar-refractivity contribution in [3.8, 4) is 0 Å². The van der Waals surface area contributed by atoms with Crippen molar-refractivity contribution in [1.82, 2.24) is 19.8 Å². The molecule has 5 nitrogen and oxygen atoms in total. The molecule has 1 amide bonds. The molecule has 2 atom stereocenters. The molecule has 3 aliphatic heterocycles. The largest absolute Gasteiger partial charge is 0.333 e. The maximum atomic E-state index is 13.1. The average molecular weight is 354 g/mol. The molecule has 3 aliphatic rings. The van der Waals surface area contributed by atoms with Gasteiger partial charge in [0.25, 0.3) is 5.91 Å². The summed E-state index contributed by atoms with van der Waals surface area (Å²) in [5.74, 6) is 0.244. The Morgan fingerprint density at radius 1 is 1.12 bits per heavy atom. The number of nitrogens with zero attached hydrogens (tertiary/aromatic N) is 4. The van der Waals surface area contributed by atoms with Gasteiger partial charge in [-0.05, 0) is 43.4 Å². The number of hydrogen-bond acceptors (Lipinski definition) is 4. The molecule has 4 heterocycles. The maximum absolute atomic E-state index is 13.1. The van der Waals surface area contributed by atoms with E-state index in [-0.39, 0.29) is 17.8 Å². The van der Waals surface area contributed by atoms with Gasteiger partial charge >= 0.3 is 0 Å². The fourth-order valence-corrected chi connectivity index (χ4v) is 4.06. The van der Waals surface area contributed by atoms with Crippen LogP contribution in [0.1, 0.15) is 34.6 Å². The van der Waals surface area contributed by atoms with E-state index in [0.717, 1.165) is 50.3 Å². The van der Waals surface area contributed by atoms with Gasteiger partial charge in [0.1, 0.15) is 11.5 Å². The summed E-state index contributed by atoms with van der Waals surface area (Å²) in [4.78, 5) is 25.8. The number of benzene rings is 1. The highest BCUT2D eigenvalue weighted by Gasteiger charge is 2.37. The minimum atomic E-state index is -0.208. The minimum Gasteiger partial charge on any atom is -0.333 e. The summed E-state index contributed by atoms with van der Waals surface area (Å²) in [6.45, 7) is 5.25. The second-order valence-corrected chi connectivity index (χ2v) is 7.42. The summed E-state index contributed by atoms with van der Waals surface area (Å²) in [5, 5.41) is 0. The van der Waals surface area contributed by atoms with E-state index < -0.39 is 0 Å². The van der Waals surface area contributed by atoms with Crippen molar-refractivity contribution in [2.45, 2.75) is 32.4 Å². The second kappa shape index (κ2) is 7.11. The standard InChI is InChI=1S/C20H23FN4O/c1-14-8-23-19(9-22-14)20(26)25-12-16-4-7-18(25)13-24(11-16)10-15-2-5-17(21)6-3-15/h2-3,5-6,8-9,16,18H,4,7,10-13H2,1H3/t16-,18+/m0/s1. The first kappa shape index (κ1) is 17.1. The molecule has 0 unspecified atom stereocenters. The zero-order valence-electron chi connectivity index (χ0n) is 14.9. The van der Waals surface area contributed by atoms with Crippen molar-refractivity contribution in [1.29, 1.82) is 0 Å². The van der Waals surface area contributed by atoms with Crippen LogP contribution in [0.2, 0.25) is 0 Å². The Balaban J connectivity index is 1.48. The SMILES string of the molecule is Cc1cnc(C(=O)N2C[C@H]3CC[C@@H]2CN(Cc2ccc(F)cc2)C3)cn1. The summed E-state index contributed by atoms with van der Waals surface area (Å²) in [6.07, 6.45) is 5.39. The molecule has 3 fully saturated rings. The number of carbonyl (C=O) groups is 1. The van der Waals surface area contributed by atoms with Crippen LogP contribution in [0, 0.1) is 18.7 Å². The minimum absolute atomic E-state index is 0.0177. The van der Waals surface area contributed by atoms with E-state index in [9.17, 15) is 9.18 Å². The molecule has 1 aromatic heterocycles. The van der Waals surface area contributed by atoms with E-state index in [4.69, 9.17) is 0 Å². The molecule has 136 valence electrons. The quantitative estimate of drug-likeness (QED) is 0.850. The highest BCUT2D eigenvalue weighted by Crippen LogP contribution is 2.29. The van der Waals surface area contributed by atoms with E-state index in [2.05, 4.69) is 14.9 Å². The van der Waals surface area contributed by atoms with Gasteiger partial charge in [-0.15, -0.1) is 0 Å². The number of fused-ring (bicyclic) bond motifs is 4. The fraction of sp³-hybridized carbons (Fsp3) is 0.450. The van der Waals surface area contributed by atoms with Gasteiger partial charge in [0, 0.05) is 38.4 Å². The third kappa shape index (κ3) is 3.60. The van der Waals surface area contributed by atoms with Crippen LogP contribution in [-0.2, 0) is 6.54 Å². The monoisotopic (exact) mass is 354 g/mol. The number of halogens is 1. The average Bonchev–Trinajstić information content (AvgIpc) is 2.94. The number of aromatic nitrogens is 2. The fourth-order valence-electron chi connectivity index (χ4n) is 4.06. The molecule has 2 aromatic rings. The predicted octanol–water partition coefficient (Wildman–Crippen LogP) is 2.66. The molecule has 0 N–H and O–H groups in total. The number of hydrogen-bond donors (Lipinski definition) is 0. The molecule has 6 heteroatoms. The van der Waals surface area contributed by atoms with Crippen LogP contribution in [0.5, 0.6) is 0 Å². The van der Waals surface area contributed by atoms with E-state index in [1.54, 1.807) is 12.4 Å². The lowest BCUT2D eigenvalue weighted by Gasteiger charge is -2.36. The van der Waals surface area contributed by atoms with Gasteiger partial charge in [0.05, 0.1) is 11.9 Å². The molecular weight excluding hydrogens is 331 g/mol. The van der Waals surface area contributed by atoms with Crippen LogP contribution in [-0.4, -0.2) is 51.4 Å². The Bertz CT molecular complexity index is 777. The van der Waals surface area contributed by atoms with E-state index in [0.29, 0.717) is 11.6 Å². The van der Waals surface area contributed by atoms with Crippen LogP contribution < -0.4 is 0 Å². The number of amides is 1. The summed E-state index contributed by atoms with van der Waals surface area (Å²) in [7, 11) is 0. The third-order valence-electron chi connectivity index (χ3n) is 5.37. The molecule has 1 aromatic carbocycles. The Morgan fingerprint density at radius 3 is 2.65 bits per heavy atom. The molecule has 0 radical (unpaired) electrons. The lowest BCUT2D eigenvalue weighted by molar-refractivity contribution is 0.0578. The van der Waals surface area contributed by atoms with Crippen molar-refractivity contribution in [3.63, 3.8) is 0 Å². The number of rotatable bonds is 3. The van der Waals surface area contributed by atoms with E-state index in [1.807, 2.05) is 24.0 Å². The van der Waals surface area contributed by atoms with Crippen LogP contribution in [0.4, 0.5) is 4.39 Å². The summed E-state index contributed by atoms with van der Waals surface area (Å²) in [6, 6.07) is 6.89. The molecule has 3 saturated heterocycles. The lowest BCUT2D eigenvalue weighted by atomic mass is 9.95. The van der Waals surface area contributed by atoms with Crippen LogP contribution >= 0.6 is 0 Å². The van der Waals surface area contributed by atoms with Crippen molar-refractivity contribution >= 4 is 5.91 Å². The Hall–Kier alpha value is -2.34.